The lowest BCUT2D eigenvalue weighted by Crippen LogP contribution is -2.32. The second-order valence-electron chi connectivity index (χ2n) is 5.81. The minimum Gasteiger partial charge on any atom is -0.269 e. The molecule has 0 aliphatic rings. The number of nitrogens with two attached hydrogens (primary N) is 1. The fourth-order valence-electron chi connectivity index (χ4n) is 2.51. The Balaban J connectivity index is 2.61. The molecule has 0 bridgehead atoms. The van der Waals surface area contributed by atoms with Crippen LogP contribution in [0.1, 0.15) is 16.7 Å². The Labute approximate surface area is 148 Å². The van der Waals surface area contributed by atoms with Crippen molar-refractivity contribution in [1.29, 1.82) is 0 Å². The van der Waals surface area contributed by atoms with Crippen molar-refractivity contribution in [1.82, 2.24) is 4.83 Å². The van der Waals surface area contributed by atoms with Crippen LogP contribution in [0.15, 0.2) is 46.2 Å². The number of aryl methyl sites for hydroxylation is 3. The van der Waals surface area contributed by atoms with Crippen molar-refractivity contribution in [3.63, 3.8) is 0 Å². The van der Waals surface area contributed by atoms with Crippen LogP contribution in [0.3, 0.4) is 0 Å². The number of hydrogen-bond acceptors (Lipinski definition) is 5. The maximum Gasteiger partial charge on any atom is 0.264 e. The Kier molecular flexibility index (Phi) is 5.24. The molecule has 0 aliphatic carbocycles. The van der Waals surface area contributed by atoms with E-state index in [-0.39, 0.29) is 15.5 Å². The van der Waals surface area contributed by atoms with Crippen molar-refractivity contribution in [3.05, 3.63) is 53.1 Å². The Morgan fingerprint density at radius 1 is 0.920 bits per heavy atom. The second-order valence-corrected chi connectivity index (χ2v) is 9.46. The number of anilines is 1. The summed E-state index contributed by atoms with van der Waals surface area (Å²) in [4.78, 5) is 1.82. The number of nitrogens with zero attached hydrogens (tertiary/aromatic N) is 1. The predicted octanol–water partition coefficient (Wildman–Crippen LogP) is 1.59. The lowest BCUT2D eigenvalue weighted by molar-refractivity contribution is 0.582. The Morgan fingerprint density at radius 2 is 1.48 bits per heavy atom. The van der Waals surface area contributed by atoms with Gasteiger partial charge in [-0.1, -0.05) is 23.8 Å². The first-order chi connectivity index (χ1) is 11.5. The van der Waals surface area contributed by atoms with E-state index in [2.05, 4.69) is 0 Å². The molecule has 0 radical (unpaired) electrons. The van der Waals surface area contributed by atoms with Crippen molar-refractivity contribution in [2.75, 3.05) is 11.4 Å². The van der Waals surface area contributed by atoms with Gasteiger partial charge in [0.25, 0.3) is 20.0 Å². The van der Waals surface area contributed by atoms with Crippen LogP contribution in [0.25, 0.3) is 0 Å². The third-order valence-corrected chi connectivity index (χ3v) is 7.07. The third-order valence-electron chi connectivity index (χ3n) is 3.96. The summed E-state index contributed by atoms with van der Waals surface area (Å²) in [5.74, 6) is 5.09. The highest BCUT2D eigenvalue weighted by Crippen LogP contribution is 2.30. The summed E-state index contributed by atoms with van der Waals surface area (Å²) in [6.45, 7) is 5.20. The fraction of sp³-hybridized carbons (Fsp3) is 0.250. The molecule has 2 rings (SSSR count). The van der Waals surface area contributed by atoms with Crippen LogP contribution in [0, 0.1) is 20.8 Å². The van der Waals surface area contributed by atoms with Crippen LogP contribution in [0.5, 0.6) is 0 Å². The smallest absolute Gasteiger partial charge is 0.264 e. The molecule has 0 amide bonds. The van der Waals surface area contributed by atoms with Crippen LogP contribution < -0.4 is 15.0 Å². The van der Waals surface area contributed by atoms with Crippen LogP contribution in [0.4, 0.5) is 5.69 Å². The minimum absolute atomic E-state index is 0.0680. The van der Waals surface area contributed by atoms with Crippen molar-refractivity contribution in [3.8, 4) is 0 Å². The quantitative estimate of drug-likeness (QED) is 0.602. The highest BCUT2D eigenvalue weighted by atomic mass is 32.2. The number of rotatable bonds is 5. The van der Waals surface area contributed by atoms with E-state index in [4.69, 9.17) is 5.84 Å². The van der Waals surface area contributed by atoms with E-state index in [9.17, 15) is 16.8 Å². The molecule has 0 atom stereocenters. The zero-order chi connectivity index (χ0) is 19.0. The van der Waals surface area contributed by atoms with Crippen molar-refractivity contribution in [2.45, 2.75) is 30.6 Å². The van der Waals surface area contributed by atoms with Crippen molar-refractivity contribution < 1.29 is 16.8 Å². The van der Waals surface area contributed by atoms with E-state index in [1.54, 1.807) is 36.9 Å². The van der Waals surface area contributed by atoms with E-state index in [1.165, 1.54) is 25.2 Å². The molecule has 0 unspecified atom stereocenters. The van der Waals surface area contributed by atoms with Gasteiger partial charge in [-0.25, -0.2) is 16.8 Å². The van der Waals surface area contributed by atoms with E-state index in [1.807, 2.05) is 6.92 Å². The molecule has 0 saturated carbocycles. The SMILES string of the molecule is Cc1ccc(S(=O)(=O)N(C)c2cc(S(=O)(=O)NN)c(C)cc2C)cc1. The lowest BCUT2D eigenvalue weighted by Gasteiger charge is -2.23. The average molecular weight is 383 g/mol. The lowest BCUT2D eigenvalue weighted by atomic mass is 10.1. The van der Waals surface area contributed by atoms with Gasteiger partial charge in [-0.2, -0.15) is 4.83 Å². The second kappa shape index (κ2) is 6.75. The maximum absolute atomic E-state index is 12.8. The molecule has 7 nitrogen and oxygen atoms in total. The molecule has 0 spiro atoms. The Bertz CT molecular complexity index is 998. The minimum atomic E-state index is -3.91. The molecule has 2 aromatic rings. The van der Waals surface area contributed by atoms with Gasteiger partial charge in [-0.15, -0.1) is 0 Å². The molecule has 0 aromatic heterocycles. The van der Waals surface area contributed by atoms with Gasteiger partial charge in [0.2, 0.25) is 0 Å². The van der Waals surface area contributed by atoms with Gasteiger partial charge in [0.1, 0.15) is 0 Å². The molecule has 136 valence electrons. The summed E-state index contributed by atoms with van der Waals surface area (Å²) in [5.41, 5.74) is 2.31. The number of hydrazine groups is 1. The molecule has 9 heteroatoms. The monoisotopic (exact) mass is 383 g/mol. The van der Waals surface area contributed by atoms with Gasteiger partial charge in [0, 0.05) is 7.05 Å². The Morgan fingerprint density at radius 3 is 2.00 bits per heavy atom. The summed E-state index contributed by atoms with van der Waals surface area (Å²) < 4.78 is 50.9. The standard InChI is InChI=1S/C16H21N3O4S2/c1-11-5-7-14(8-6-11)25(22,23)19(4)15-10-16(24(20,21)18-17)13(3)9-12(15)2/h5-10,18H,17H2,1-4H3. The molecule has 25 heavy (non-hydrogen) atoms. The molecular formula is C16H21N3O4S2. The van der Waals surface area contributed by atoms with E-state index in [0.29, 0.717) is 11.1 Å². The zero-order valence-electron chi connectivity index (χ0n) is 14.4. The van der Waals surface area contributed by atoms with Gasteiger partial charge in [0.05, 0.1) is 15.5 Å². The Hall–Kier alpha value is -1.94. The predicted molar refractivity (Wildman–Crippen MR) is 97.2 cm³/mol. The first-order valence-corrected chi connectivity index (χ1v) is 10.3. The number of benzene rings is 2. The molecule has 2 aromatic carbocycles. The van der Waals surface area contributed by atoms with Crippen LogP contribution >= 0.6 is 0 Å². The van der Waals surface area contributed by atoms with Crippen molar-refractivity contribution in [2.24, 2.45) is 5.84 Å². The normalized spacial score (nSPS) is 12.2. The van der Waals surface area contributed by atoms with Crippen LogP contribution in [-0.2, 0) is 20.0 Å². The van der Waals surface area contributed by atoms with Crippen LogP contribution in [-0.4, -0.2) is 23.9 Å². The summed E-state index contributed by atoms with van der Waals surface area (Å²) >= 11 is 0. The average Bonchev–Trinajstić information content (AvgIpc) is 2.54. The molecule has 0 aliphatic heterocycles. The van der Waals surface area contributed by atoms with Gasteiger partial charge in [-0.3, -0.25) is 10.1 Å². The van der Waals surface area contributed by atoms with Gasteiger partial charge < -0.3 is 0 Å². The summed E-state index contributed by atoms with van der Waals surface area (Å²) in [5, 5.41) is 0. The van der Waals surface area contributed by atoms with E-state index >= 15 is 0 Å². The van der Waals surface area contributed by atoms with Gasteiger partial charge in [0.15, 0.2) is 0 Å². The number of sulfonamides is 2. The molecule has 0 saturated heterocycles. The van der Waals surface area contributed by atoms with E-state index < -0.39 is 20.0 Å². The summed E-state index contributed by atoms with van der Waals surface area (Å²) in [6.07, 6.45) is 0. The molecule has 0 fully saturated rings. The third kappa shape index (κ3) is 3.69. The largest absolute Gasteiger partial charge is 0.269 e. The zero-order valence-corrected chi connectivity index (χ0v) is 16.1. The van der Waals surface area contributed by atoms with Gasteiger partial charge >= 0.3 is 0 Å². The first-order valence-electron chi connectivity index (χ1n) is 7.40. The van der Waals surface area contributed by atoms with E-state index in [0.717, 1.165) is 9.87 Å². The van der Waals surface area contributed by atoms with Crippen LogP contribution in [0.2, 0.25) is 0 Å². The topological polar surface area (TPSA) is 110 Å². The maximum atomic E-state index is 12.8. The number of nitrogens with one attached hydrogen (secondary N) is 1. The summed E-state index contributed by atoms with van der Waals surface area (Å²) in [6, 6.07) is 9.37. The van der Waals surface area contributed by atoms with Crippen molar-refractivity contribution >= 4 is 25.7 Å². The molecule has 3 N–H and O–H groups in total. The highest BCUT2D eigenvalue weighted by Gasteiger charge is 2.25. The highest BCUT2D eigenvalue weighted by molar-refractivity contribution is 7.92. The summed E-state index contributed by atoms with van der Waals surface area (Å²) in [7, 11) is -6.35. The fourth-order valence-corrected chi connectivity index (χ4v) is 4.64. The number of hydrogen-bond donors (Lipinski definition) is 2. The molecule has 0 heterocycles. The van der Waals surface area contributed by atoms with Gasteiger partial charge in [-0.05, 0) is 50.1 Å². The first kappa shape index (κ1) is 19.4. The molecular weight excluding hydrogens is 362 g/mol.